The minimum atomic E-state index is -3.63. The molecule has 3 atom stereocenters. The lowest BCUT2D eigenvalue weighted by Gasteiger charge is -2.37. The van der Waals surface area contributed by atoms with Crippen LogP contribution in [-0.2, 0) is 23.4 Å². The molecule has 0 aromatic heterocycles. The largest absolute Gasteiger partial charge is 0.439 e. The molecule has 0 aliphatic carbocycles. The fraction of sp³-hybridized carbons (Fsp3) is 0.273. The van der Waals surface area contributed by atoms with Crippen LogP contribution in [-0.4, -0.2) is 34.2 Å². The molecule has 156 valence electrons. The van der Waals surface area contributed by atoms with Crippen LogP contribution >= 0.6 is 7.37 Å². The minimum Gasteiger partial charge on any atom is -0.439 e. The Morgan fingerprint density at radius 1 is 1.10 bits per heavy atom. The first kappa shape index (κ1) is 20.4. The molecule has 2 heterocycles. The molecule has 0 radical (unpaired) electrons. The monoisotopic (exact) mass is 427 g/mol. The van der Waals surface area contributed by atoms with Crippen molar-refractivity contribution in [2.45, 2.75) is 32.6 Å². The molecule has 30 heavy (non-hydrogen) atoms. The maximum Gasteiger partial charge on any atom is 0.360 e. The highest BCUT2D eigenvalue weighted by molar-refractivity contribution is 7.74. The summed E-state index contributed by atoms with van der Waals surface area (Å²) in [6.45, 7) is 3.12. The van der Waals surface area contributed by atoms with E-state index in [0.717, 1.165) is 0 Å². The van der Waals surface area contributed by atoms with Crippen LogP contribution in [0, 0.1) is 5.92 Å². The van der Waals surface area contributed by atoms with Gasteiger partial charge in [0.15, 0.2) is 12.0 Å². The van der Waals surface area contributed by atoms with E-state index < -0.39 is 19.6 Å². The van der Waals surface area contributed by atoms with Crippen LogP contribution in [0.5, 0.6) is 0 Å². The third-order valence-electron chi connectivity index (χ3n) is 5.34. The highest BCUT2D eigenvalue weighted by atomic mass is 31.2. The molecule has 4 rings (SSSR count). The molecule has 1 amide bonds. The molecule has 8 heteroatoms. The average molecular weight is 427 g/mol. The lowest BCUT2D eigenvalue weighted by molar-refractivity contribution is -0.165. The average Bonchev–Trinajstić information content (AvgIpc) is 2.95. The normalized spacial score (nSPS) is 21.7. The first-order valence-corrected chi connectivity index (χ1v) is 11.3. The fourth-order valence-corrected chi connectivity index (χ4v) is 5.99. The number of rotatable bonds is 6. The zero-order chi connectivity index (χ0) is 21.5. The zero-order valence-corrected chi connectivity index (χ0v) is 17.5. The molecule has 1 saturated heterocycles. The van der Waals surface area contributed by atoms with Gasteiger partial charge in [-0.15, -0.1) is 0 Å². The second-order valence-corrected chi connectivity index (χ2v) is 9.67. The molecule has 2 aliphatic rings. The van der Waals surface area contributed by atoms with Gasteiger partial charge in [-0.2, -0.15) is 0 Å². The van der Waals surface area contributed by atoms with Gasteiger partial charge in [0.05, 0.1) is 16.7 Å². The molecule has 7 nitrogen and oxygen atoms in total. The number of hydrogen-bond acceptors (Lipinski definition) is 6. The number of nitrogens with zero attached hydrogens (tertiary/aromatic N) is 1. The number of aliphatic hydroxyl groups excluding tert-OH is 1. The molecule has 1 fully saturated rings. The second kappa shape index (κ2) is 7.74. The van der Waals surface area contributed by atoms with E-state index >= 15 is 0 Å². The number of esters is 1. The summed E-state index contributed by atoms with van der Waals surface area (Å²) < 4.78 is 25.4. The summed E-state index contributed by atoms with van der Waals surface area (Å²) in [4.78, 5) is 26.2. The summed E-state index contributed by atoms with van der Waals surface area (Å²) in [6, 6.07) is 17.3. The summed E-state index contributed by atoms with van der Waals surface area (Å²) in [6.07, 6.45) is -1.09. The molecule has 0 spiro atoms. The van der Waals surface area contributed by atoms with Crippen LogP contribution in [0.1, 0.15) is 20.3 Å². The maximum absolute atomic E-state index is 14.3. The fourth-order valence-electron chi connectivity index (χ4n) is 3.82. The lowest BCUT2D eigenvalue weighted by Crippen LogP contribution is -2.52. The number of carbonyl (C=O) groups is 2. The van der Waals surface area contributed by atoms with Gasteiger partial charge in [-0.25, -0.2) is 4.79 Å². The zero-order valence-electron chi connectivity index (χ0n) is 16.6. The summed E-state index contributed by atoms with van der Waals surface area (Å²) in [7, 11) is -3.63. The molecular formula is C22H22NO6P. The van der Waals surface area contributed by atoms with Gasteiger partial charge in [-0.1, -0.05) is 43.3 Å². The molecular weight excluding hydrogens is 405 g/mol. The molecule has 0 saturated carbocycles. The van der Waals surface area contributed by atoms with Gasteiger partial charge < -0.3 is 14.4 Å². The van der Waals surface area contributed by atoms with E-state index in [9.17, 15) is 19.3 Å². The number of β-lactam (4-membered cyclic amide) rings is 1. The summed E-state index contributed by atoms with van der Waals surface area (Å²) >= 11 is 0. The van der Waals surface area contributed by atoms with Gasteiger partial charge in [0, 0.05) is 12.3 Å². The number of carbonyl (C=O) groups excluding carboxylic acids is 2. The van der Waals surface area contributed by atoms with Crippen molar-refractivity contribution in [1.82, 2.24) is 4.90 Å². The van der Waals surface area contributed by atoms with E-state index in [4.69, 9.17) is 9.26 Å². The molecule has 1 N–H and O–H groups in total. The topological polar surface area (TPSA) is 93.1 Å². The maximum atomic E-state index is 14.3. The van der Waals surface area contributed by atoms with Gasteiger partial charge in [-0.3, -0.25) is 14.3 Å². The number of aliphatic hydroxyl groups is 1. The predicted octanol–water partition coefficient (Wildman–Crippen LogP) is 2.28. The Balaban J connectivity index is 1.84. The van der Waals surface area contributed by atoms with E-state index in [-0.39, 0.29) is 35.7 Å². The summed E-state index contributed by atoms with van der Waals surface area (Å²) in [5.41, 5.74) is -0.0864. The molecule has 2 aliphatic heterocycles. The molecule has 2 aromatic rings. The smallest absolute Gasteiger partial charge is 0.360 e. The van der Waals surface area contributed by atoms with Gasteiger partial charge in [0.2, 0.25) is 5.91 Å². The van der Waals surface area contributed by atoms with Crippen LogP contribution in [0.3, 0.4) is 0 Å². The van der Waals surface area contributed by atoms with Crippen molar-refractivity contribution in [3.63, 3.8) is 0 Å². The second-order valence-electron chi connectivity index (χ2n) is 7.36. The van der Waals surface area contributed by atoms with Crippen molar-refractivity contribution in [3.05, 3.63) is 72.1 Å². The van der Waals surface area contributed by atoms with E-state index in [1.165, 1.54) is 11.8 Å². The molecule has 2 unspecified atom stereocenters. The SMILES string of the molecule is CC(O)OC(=O)C1=C(OP(=O)(c2ccccc2)c2ccccc2)C(C)[C@@H]2CC(=O)N12. The van der Waals surface area contributed by atoms with Crippen molar-refractivity contribution in [1.29, 1.82) is 0 Å². The van der Waals surface area contributed by atoms with E-state index in [0.29, 0.717) is 10.6 Å². The van der Waals surface area contributed by atoms with Gasteiger partial charge in [-0.05, 0) is 31.2 Å². The van der Waals surface area contributed by atoms with Crippen molar-refractivity contribution in [2.24, 2.45) is 5.92 Å². The van der Waals surface area contributed by atoms with Crippen LogP contribution in [0.4, 0.5) is 0 Å². The third-order valence-corrected chi connectivity index (χ3v) is 7.75. The lowest BCUT2D eigenvalue weighted by atomic mass is 9.93. The Kier molecular flexibility index (Phi) is 5.26. The summed E-state index contributed by atoms with van der Waals surface area (Å²) in [5.74, 6) is -1.32. The van der Waals surface area contributed by atoms with E-state index in [1.54, 1.807) is 48.5 Å². The third kappa shape index (κ3) is 3.34. The number of hydrogen-bond donors (Lipinski definition) is 1. The minimum absolute atomic E-state index is 0.0864. The number of fused-ring (bicyclic) bond motifs is 1. The predicted molar refractivity (Wildman–Crippen MR) is 110 cm³/mol. The number of ether oxygens (including phenoxy) is 1. The highest BCUT2D eigenvalue weighted by Crippen LogP contribution is 2.53. The van der Waals surface area contributed by atoms with Gasteiger partial charge in [0.25, 0.3) is 0 Å². The van der Waals surface area contributed by atoms with Crippen molar-refractivity contribution >= 4 is 29.9 Å². The van der Waals surface area contributed by atoms with E-state index in [1.807, 2.05) is 19.1 Å². The first-order chi connectivity index (χ1) is 14.3. The highest BCUT2D eigenvalue weighted by Gasteiger charge is 2.54. The van der Waals surface area contributed by atoms with Crippen molar-refractivity contribution in [3.8, 4) is 0 Å². The van der Waals surface area contributed by atoms with Gasteiger partial charge in [0.1, 0.15) is 5.76 Å². The Bertz CT molecular complexity index is 1010. The van der Waals surface area contributed by atoms with Crippen molar-refractivity contribution < 1.29 is 28.5 Å². The van der Waals surface area contributed by atoms with Crippen LogP contribution in [0.25, 0.3) is 0 Å². The number of amides is 1. The van der Waals surface area contributed by atoms with Gasteiger partial charge >= 0.3 is 13.3 Å². The van der Waals surface area contributed by atoms with Crippen molar-refractivity contribution in [2.75, 3.05) is 0 Å². The first-order valence-electron chi connectivity index (χ1n) is 9.69. The van der Waals surface area contributed by atoms with Crippen LogP contribution in [0.15, 0.2) is 72.1 Å². The standard InChI is InChI=1S/C22H22NO6P/c1-14-18-13-19(25)23(18)20(22(26)28-15(2)24)21(14)29-30(27,16-9-5-3-6-10-16)17-11-7-4-8-12-17/h3-12,14-15,18,24H,13H2,1-2H3/t14?,15?,18-/m0/s1. The summed E-state index contributed by atoms with van der Waals surface area (Å²) in [5, 5.41) is 10.4. The Morgan fingerprint density at radius 2 is 1.63 bits per heavy atom. The molecule has 2 aromatic carbocycles. The Labute approximate surface area is 174 Å². The number of benzene rings is 2. The quantitative estimate of drug-likeness (QED) is 0.329. The van der Waals surface area contributed by atoms with Crippen LogP contribution in [0.2, 0.25) is 0 Å². The van der Waals surface area contributed by atoms with E-state index in [2.05, 4.69) is 0 Å². The van der Waals surface area contributed by atoms with Crippen LogP contribution < -0.4 is 10.6 Å². The molecule has 0 bridgehead atoms. The Morgan fingerprint density at radius 3 is 2.10 bits per heavy atom. The Hall–Kier alpha value is -2.89.